The second-order valence-electron chi connectivity index (χ2n) is 6.06. The number of carbonyl (C=O) groups excluding carboxylic acids is 1. The number of nitrogens with zero attached hydrogens (tertiary/aromatic N) is 1. The highest BCUT2D eigenvalue weighted by Gasteiger charge is 2.20. The third kappa shape index (κ3) is 6.90. The van der Waals surface area contributed by atoms with Crippen LogP contribution in [0.4, 0.5) is 5.69 Å². The zero-order valence-electron chi connectivity index (χ0n) is 15.7. The molecule has 0 fully saturated rings. The second kappa shape index (κ2) is 10.8. The van der Waals surface area contributed by atoms with E-state index in [1.54, 1.807) is 17.8 Å². The number of hydrogen-bond donors (Lipinski definition) is 2. The Morgan fingerprint density at radius 2 is 2.11 bits per heavy atom. The zero-order valence-corrected chi connectivity index (χ0v) is 18.1. The summed E-state index contributed by atoms with van der Waals surface area (Å²) in [5.41, 5.74) is 2.15. The van der Waals surface area contributed by atoms with Crippen LogP contribution in [0, 0.1) is 6.92 Å². The van der Waals surface area contributed by atoms with Gasteiger partial charge >= 0.3 is 0 Å². The SMILES string of the molecule is CCCSCc1cc(=O)[nH]c(SC(CC)C(=O)Nc2ccc(C)c(Cl)c2)n1. The zero-order chi connectivity index (χ0) is 19.8. The fourth-order valence-electron chi connectivity index (χ4n) is 2.28. The van der Waals surface area contributed by atoms with E-state index in [0.717, 1.165) is 23.4 Å². The first kappa shape index (κ1) is 21.9. The lowest BCUT2D eigenvalue weighted by Gasteiger charge is -2.15. The van der Waals surface area contributed by atoms with Gasteiger partial charge in [0.2, 0.25) is 5.91 Å². The smallest absolute Gasteiger partial charge is 0.251 e. The Kier molecular flexibility index (Phi) is 8.73. The molecule has 2 N–H and O–H groups in total. The Morgan fingerprint density at radius 3 is 2.78 bits per heavy atom. The van der Waals surface area contributed by atoms with Gasteiger partial charge in [0.15, 0.2) is 5.16 Å². The first-order chi connectivity index (χ1) is 12.9. The molecule has 2 rings (SSSR count). The van der Waals surface area contributed by atoms with E-state index >= 15 is 0 Å². The summed E-state index contributed by atoms with van der Waals surface area (Å²) in [6.07, 6.45) is 1.69. The van der Waals surface area contributed by atoms with E-state index in [1.165, 1.54) is 17.8 Å². The molecule has 0 aliphatic carbocycles. The van der Waals surface area contributed by atoms with E-state index < -0.39 is 0 Å². The van der Waals surface area contributed by atoms with Gasteiger partial charge in [0.05, 0.1) is 10.9 Å². The highest BCUT2D eigenvalue weighted by Crippen LogP contribution is 2.25. The maximum Gasteiger partial charge on any atom is 0.251 e. The number of benzene rings is 1. The molecule has 1 aromatic heterocycles. The molecule has 1 amide bonds. The number of nitrogens with one attached hydrogen (secondary N) is 2. The van der Waals surface area contributed by atoms with Crippen LogP contribution >= 0.6 is 35.1 Å². The summed E-state index contributed by atoms with van der Waals surface area (Å²) < 4.78 is 0. The number of rotatable bonds is 9. The first-order valence-electron chi connectivity index (χ1n) is 8.84. The Bertz CT molecular complexity index is 842. The van der Waals surface area contributed by atoms with Gasteiger partial charge in [-0.25, -0.2) is 4.98 Å². The van der Waals surface area contributed by atoms with Gasteiger partial charge in [0.1, 0.15) is 0 Å². The van der Waals surface area contributed by atoms with Crippen molar-refractivity contribution in [3.05, 3.63) is 50.9 Å². The average molecular weight is 426 g/mol. The number of hydrogen-bond acceptors (Lipinski definition) is 5. The molecule has 0 saturated heterocycles. The van der Waals surface area contributed by atoms with E-state index in [-0.39, 0.29) is 16.7 Å². The molecule has 0 spiro atoms. The van der Waals surface area contributed by atoms with Crippen molar-refractivity contribution >= 4 is 46.7 Å². The van der Waals surface area contributed by atoms with Crippen molar-refractivity contribution in [2.24, 2.45) is 0 Å². The van der Waals surface area contributed by atoms with E-state index in [0.29, 0.717) is 28.0 Å². The number of thioether (sulfide) groups is 2. The van der Waals surface area contributed by atoms with Crippen molar-refractivity contribution in [2.45, 2.75) is 49.8 Å². The predicted molar refractivity (Wildman–Crippen MR) is 116 cm³/mol. The number of halogens is 1. The molecule has 0 radical (unpaired) electrons. The van der Waals surface area contributed by atoms with E-state index in [1.807, 2.05) is 26.0 Å². The molecule has 0 bridgehead atoms. The molecule has 2 aromatic rings. The van der Waals surface area contributed by atoms with Gasteiger partial charge in [0, 0.05) is 22.5 Å². The number of anilines is 1. The molecular weight excluding hydrogens is 402 g/mol. The summed E-state index contributed by atoms with van der Waals surface area (Å²) >= 11 is 9.13. The van der Waals surface area contributed by atoms with Gasteiger partial charge in [-0.1, -0.05) is 43.3 Å². The van der Waals surface area contributed by atoms with Crippen LogP contribution in [-0.4, -0.2) is 26.9 Å². The van der Waals surface area contributed by atoms with Crippen LogP contribution in [0.25, 0.3) is 0 Å². The molecule has 1 unspecified atom stereocenters. The summed E-state index contributed by atoms with van der Waals surface area (Å²) in [6, 6.07) is 6.94. The van der Waals surface area contributed by atoms with Crippen LogP contribution in [0.5, 0.6) is 0 Å². The first-order valence-corrected chi connectivity index (χ1v) is 11.3. The highest BCUT2D eigenvalue weighted by atomic mass is 35.5. The Labute approximate surface area is 173 Å². The lowest BCUT2D eigenvalue weighted by atomic mass is 10.2. The van der Waals surface area contributed by atoms with Gasteiger partial charge < -0.3 is 10.3 Å². The molecule has 0 saturated carbocycles. The number of aryl methyl sites for hydroxylation is 1. The van der Waals surface area contributed by atoms with E-state index in [4.69, 9.17) is 11.6 Å². The number of H-pyrrole nitrogens is 1. The topological polar surface area (TPSA) is 74.8 Å². The summed E-state index contributed by atoms with van der Waals surface area (Å²) in [7, 11) is 0. The molecule has 1 heterocycles. The van der Waals surface area contributed by atoms with E-state index in [9.17, 15) is 9.59 Å². The van der Waals surface area contributed by atoms with Gasteiger partial charge in [0.25, 0.3) is 5.56 Å². The standard InChI is InChI=1S/C19H24ClN3O2S2/c1-4-8-26-11-14-10-17(24)23-19(22-14)27-16(5-2)18(25)21-13-7-6-12(3)15(20)9-13/h6-7,9-10,16H,4-5,8,11H2,1-3H3,(H,21,25)(H,22,23,24). The lowest BCUT2D eigenvalue weighted by Crippen LogP contribution is -2.25. The lowest BCUT2D eigenvalue weighted by molar-refractivity contribution is -0.115. The van der Waals surface area contributed by atoms with Crippen molar-refractivity contribution in [1.29, 1.82) is 0 Å². The second-order valence-corrected chi connectivity index (χ2v) is 8.77. The van der Waals surface area contributed by atoms with Crippen molar-refractivity contribution in [1.82, 2.24) is 9.97 Å². The molecule has 146 valence electrons. The van der Waals surface area contributed by atoms with Gasteiger partial charge in [-0.05, 0) is 43.2 Å². The number of aromatic amines is 1. The Balaban J connectivity index is 2.07. The maximum absolute atomic E-state index is 12.6. The minimum Gasteiger partial charge on any atom is -0.325 e. The maximum atomic E-state index is 12.6. The summed E-state index contributed by atoms with van der Waals surface area (Å²) in [4.78, 5) is 31.8. The van der Waals surface area contributed by atoms with Crippen molar-refractivity contribution < 1.29 is 4.79 Å². The van der Waals surface area contributed by atoms with Crippen LogP contribution in [0.15, 0.2) is 34.2 Å². The van der Waals surface area contributed by atoms with Crippen molar-refractivity contribution in [3.8, 4) is 0 Å². The van der Waals surface area contributed by atoms with Gasteiger partial charge in [-0.15, -0.1) is 0 Å². The largest absolute Gasteiger partial charge is 0.325 e. The average Bonchev–Trinajstić information content (AvgIpc) is 2.62. The van der Waals surface area contributed by atoms with Gasteiger partial charge in [-0.2, -0.15) is 11.8 Å². The Hall–Kier alpha value is -1.44. The fourth-order valence-corrected chi connectivity index (χ4v) is 4.19. The normalized spacial score (nSPS) is 12.0. The number of carbonyl (C=O) groups is 1. The molecule has 0 aliphatic rings. The summed E-state index contributed by atoms with van der Waals surface area (Å²) in [6.45, 7) is 5.95. The number of aromatic nitrogens is 2. The Morgan fingerprint density at radius 1 is 1.33 bits per heavy atom. The third-order valence-electron chi connectivity index (χ3n) is 3.73. The van der Waals surface area contributed by atoms with Crippen LogP contribution in [0.3, 0.4) is 0 Å². The van der Waals surface area contributed by atoms with E-state index in [2.05, 4.69) is 22.2 Å². The fraction of sp³-hybridized carbons (Fsp3) is 0.421. The summed E-state index contributed by atoms with van der Waals surface area (Å²) in [5, 5.41) is 3.59. The highest BCUT2D eigenvalue weighted by molar-refractivity contribution is 8.00. The molecule has 1 aromatic carbocycles. The minimum atomic E-state index is -0.369. The predicted octanol–water partition coefficient (Wildman–Crippen LogP) is 4.88. The molecule has 0 aliphatic heterocycles. The summed E-state index contributed by atoms with van der Waals surface area (Å²) in [5.74, 6) is 1.57. The van der Waals surface area contributed by atoms with Gasteiger partial charge in [-0.3, -0.25) is 9.59 Å². The molecule has 5 nitrogen and oxygen atoms in total. The van der Waals surface area contributed by atoms with Crippen molar-refractivity contribution in [3.63, 3.8) is 0 Å². The minimum absolute atomic E-state index is 0.143. The van der Waals surface area contributed by atoms with Crippen LogP contribution in [0.2, 0.25) is 5.02 Å². The van der Waals surface area contributed by atoms with Crippen LogP contribution in [-0.2, 0) is 10.5 Å². The monoisotopic (exact) mass is 425 g/mol. The molecule has 1 atom stereocenters. The van der Waals surface area contributed by atoms with Crippen LogP contribution < -0.4 is 10.9 Å². The van der Waals surface area contributed by atoms with Crippen molar-refractivity contribution in [2.75, 3.05) is 11.1 Å². The number of amides is 1. The van der Waals surface area contributed by atoms with Crippen LogP contribution in [0.1, 0.15) is 37.9 Å². The third-order valence-corrected chi connectivity index (χ3v) is 6.58. The molecular formula is C19H24ClN3O2S2. The molecule has 27 heavy (non-hydrogen) atoms. The quantitative estimate of drug-likeness (QED) is 0.340. The molecule has 8 heteroatoms.